The van der Waals surface area contributed by atoms with Gasteiger partial charge in [-0.3, -0.25) is 0 Å². The largest absolute Gasteiger partial charge is 0.358 e. The average Bonchev–Trinajstić information content (AvgIpc) is 1.99. The van der Waals surface area contributed by atoms with Crippen LogP contribution in [0.15, 0.2) is 17.8 Å². The van der Waals surface area contributed by atoms with Crippen molar-refractivity contribution in [2.24, 2.45) is 0 Å². The van der Waals surface area contributed by atoms with Crippen LogP contribution in [0, 0.1) is 24.1 Å². The maximum atomic E-state index is 9.99. The summed E-state index contributed by atoms with van der Waals surface area (Å²) in [5.41, 5.74) is -0.308. The molecule has 0 unspecified atom stereocenters. The van der Waals surface area contributed by atoms with Gasteiger partial charge in [-0.1, -0.05) is 0 Å². The molecular weight excluding hydrogens is 415 g/mol. The first-order valence-electron chi connectivity index (χ1n) is 3.05. The smallest absolute Gasteiger partial charge is 0 e. The van der Waals surface area contributed by atoms with Crippen molar-refractivity contribution in [1.82, 2.24) is 0 Å². The molecule has 0 saturated heterocycles. The van der Waals surface area contributed by atoms with Crippen LogP contribution in [0.1, 0.15) is 13.3 Å². The van der Waals surface area contributed by atoms with Gasteiger partial charge in [-0.25, -0.2) is 0 Å². The first-order chi connectivity index (χ1) is 5.07. The normalized spacial score (nSPS) is 8.38. The number of nitrogens with zero attached hydrogens (tertiary/aromatic N) is 1. The van der Waals surface area contributed by atoms with E-state index in [0.717, 1.165) is 10.3 Å². The molecule has 71 valence electrons. The molecule has 1 radical (unpaired) electrons. The predicted molar refractivity (Wildman–Crippen MR) is 45.7 cm³/mol. The van der Waals surface area contributed by atoms with Crippen molar-refractivity contribution >= 4 is 3.90 Å². The maximum absolute atomic E-state index is 9.99. The fourth-order valence-electron chi connectivity index (χ4n) is 0.357. The zero-order chi connectivity index (χ0) is 8.85. The Hall–Kier alpha value is 0.542. The van der Waals surface area contributed by atoms with Crippen molar-refractivity contribution < 1.29 is 57.0 Å². The zero-order valence-electron chi connectivity index (χ0n) is 7.69. The minimum absolute atomic E-state index is 0. The molecule has 0 bridgehead atoms. The monoisotopic (exact) mass is 426 g/mol. The molecule has 0 spiro atoms. The molecule has 0 N–H and O–H groups in total. The summed E-state index contributed by atoms with van der Waals surface area (Å²) in [5.74, 6) is 0. The summed E-state index contributed by atoms with van der Waals surface area (Å²) in [4.78, 5) is 9.39. The van der Waals surface area contributed by atoms with E-state index in [2.05, 4.69) is 0 Å². The van der Waals surface area contributed by atoms with Crippen LogP contribution >= 0.6 is 0 Å². The van der Waals surface area contributed by atoms with Crippen LogP contribution in [0.4, 0.5) is 0 Å². The molecule has 0 aromatic heterocycles. The van der Waals surface area contributed by atoms with Crippen LogP contribution in [0.2, 0.25) is 0 Å². The van der Waals surface area contributed by atoms with Crippen LogP contribution in [0.25, 0.3) is 0 Å². The molecule has 0 aliphatic rings. The van der Waals surface area contributed by atoms with E-state index in [4.69, 9.17) is 6.58 Å². The van der Waals surface area contributed by atoms with E-state index < -0.39 is 4.92 Å². The Morgan fingerprint density at radius 1 is 1.62 bits per heavy atom. The number of nitro groups is 1. The van der Waals surface area contributed by atoms with Gasteiger partial charge in [-0.2, -0.15) is 0 Å². The second-order valence-electron chi connectivity index (χ2n) is 1.84. The van der Waals surface area contributed by atoms with Gasteiger partial charge in [0.15, 0.2) is 0 Å². The van der Waals surface area contributed by atoms with Gasteiger partial charge in [0.25, 0.3) is 0 Å². The summed E-state index contributed by atoms with van der Waals surface area (Å²) in [7, 11) is 0. The molecule has 0 aromatic rings. The third-order valence-corrected chi connectivity index (χ3v) is 2.53. The third-order valence-electron chi connectivity index (χ3n) is 0.999. The molecule has 0 rings (SSSR count). The Labute approximate surface area is 115 Å². The van der Waals surface area contributed by atoms with E-state index in [1.807, 2.05) is 6.92 Å². The van der Waals surface area contributed by atoms with E-state index in [1.165, 1.54) is 25.4 Å². The Morgan fingerprint density at radius 3 is 2.38 bits per heavy atom. The molecular formula is C8H11NO2WY-2. The summed E-state index contributed by atoms with van der Waals surface area (Å²) in [6, 6.07) is 0. The Bertz CT molecular complexity index is 226. The molecule has 0 aliphatic heterocycles. The van der Waals surface area contributed by atoms with E-state index in [0.29, 0.717) is 0 Å². The number of rotatable bonds is 4. The van der Waals surface area contributed by atoms with Crippen LogP contribution in [-0.2, 0) is 52.1 Å². The summed E-state index contributed by atoms with van der Waals surface area (Å²) in [6.07, 6.45) is 3.93. The molecule has 0 saturated carbocycles. The van der Waals surface area contributed by atoms with Gasteiger partial charge in [-0.05, 0) is 0 Å². The van der Waals surface area contributed by atoms with Crippen molar-refractivity contribution in [2.75, 3.05) is 0 Å². The van der Waals surface area contributed by atoms with E-state index in [9.17, 15) is 10.1 Å². The fourth-order valence-corrected chi connectivity index (χ4v) is 0.601. The first kappa shape index (κ1) is 19.2. The molecule has 0 amide bonds. The molecule has 0 fully saturated rings. The molecule has 5 heteroatoms. The van der Waals surface area contributed by atoms with E-state index >= 15 is 0 Å². The Kier molecular flexibility index (Phi) is 15.7. The van der Waals surface area contributed by atoms with Crippen LogP contribution in [-0.4, -0.2) is 8.82 Å². The van der Waals surface area contributed by atoms with Crippen molar-refractivity contribution in [1.29, 1.82) is 0 Å². The molecule has 3 nitrogen and oxygen atoms in total. The predicted octanol–water partition coefficient (Wildman–Crippen LogP) is 1.71. The third kappa shape index (κ3) is 10.5. The van der Waals surface area contributed by atoms with Crippen LogP contribution < -0.4 is 0 Å². The average molecular weight is 426 g/mol. The summed E-state index contributed by atoms with van der Waals surface area (Å²) in [6.45, 7) is 7.04. The van der Waals surface area contributed by atoms with Gasteiger partial charge >= 0.3 is 76.1 Å². The van der Waals surface area contributed by atoms with Gasteiger partial charge in [-0.15, -0.1) is 0 Å². The maximum Gasteiger partial charge on any atom is 0 e. The van der Waals surface area contributed by atoms with Crippen LogP contribution in [0.3, 0.4) is 0 Å². The second kappa shape index (κ2) is 10.6. The topological polar surface area (TPSA) is 43.1 Å². The molecule has 13 heavy (non-hydrogen) atoms. The zero-order valence-corrected chi connectivity index (χ0v) is 13.5. The van der Waals surface area contributed by atoms with Gasteiger partial charge in [0, 0.05) is 32.7 Å². The van der Waals surface area contributed by atoms with Crippen LogP contribution in [0.5, 0.6) is 0 Å². The number of hydrogen-bond donors (Lipinski definition) is 0. The van der Waals surface area contributed by atoms with Gasteiger partial charge < -0.3 is 7.43 Å². The second-order valence-corrected chi connectivity index (χ2v) is 3.72. The fraction of sp³-hybridized carbons (Fsp3) is 0.250. The number of allylic oxidation sites excluding steroid dienone is 2. The first-order valence-corrected chi connectivity index (χ1v) is 4.52. The summed E-state index contributed by atoms with van der Waals surface area (Å²) < 4.78 is 1.15. The number of hydrogen-bond acceptors (Lipinski definition) is 2. The standard InChI is InChI=1S/C7H8NO2.CH3.W.Y/c1-3-4-5-6-7(2)8(9)10;;;/h2,5-6H,3H2,1H3;1H3;;/q2*-1;;. The van der Waals surface area contributed by atoms with Crippen molar-refractivity contribution in [2.45, 2.75) is 13.3 Å². The minimum Gasteiger partial charge on any atom is -0.358 e. The van der Waals surface area contributed by atoms with Gasteiger partial charge in [0.1, 0.15) is 0 Å². The quantitative estimate of drug-likeness (QED) is 0.298. The van der Waals surface area contributed by atoms with Crippen molar-refractivity contribution in [3.8, 4) is 0 Å². The van der Waals surface area contributed by atoms with Crippen molar-refractivity contribution in [3.63, 3.8) is 0 Å². The minimum atomic E-state index is -0.602. The molecule has 0 atom stereocenters. The van der Waals surface area contributed by atoms with E-state index in [1.54, 1.807) is 6.08 Å². The molecule has 0 aromatic carbocycles. The van der Waals surface area contributed by atoms with Crippen molar-refractivity contribution in [3.05, 3.63) is 42.0 Å². The Balaban J connectivity index is -0.000000500. The van der Waals surface area contributed by atoms with Gasteiger partial charge in [0.2, 0.25) is 0 Å². The SMILES string of the molecule is [CH-]=C(C=C[C](=[W])CC)[N+](=O)[O-].[CH3-].[Y]. The summed E-state index contributed by atoms with van der Waals surface area (Å²) >= 11 is 1.31. The van der Waals surface area contributed by atoms with Gasteiger partial charge in [0.05, 0.1) is 0 Å². The molecule has 0 heterocycles. The van der Waals surface area contributed by atoms with E-state index in [-0.39, 0.29) is 45.8 Å². The summed E-state index contributed by atoms with van der Waals surface area (Å²) in [5, 5.41) is 9.99. The Morgan fingerprint density at radius 2 is 2.08 bits per heavy atom. The molecule has 0 aliphatic carbocycles.